The normalized spacial score (nSPS) is 19.3. The molecule has 0 saturated carbocycles. The third-order valence-electron chi connectivity index (χ3n) is 7.35. The van der Waals surface area contributed by atoms with Crippen LogP contribution in [0.1, 0.15) is 54.3 Å². The van der Waals surface area contributed by atoms with Crippen molar-refractivity contribution >= 4 is 17.6 Å². The zero-order valence-corrected chi connectivity index (χ0v) is 21.6. The molecule has 3 aliphatic heterocycles. The number of piperazine rings is 1. The molecule has 5 rings (SSSR count). The van der Waals surface area contributed by atoms with Gasteiger partial charge in [-0.1, -0.05) is 25.8 Å². The van der Waals surface area contributed by atoms with Gasteiger partial charge in [-0.05, 0) is 36.2 Å². The highest BCUT2D eigenvalue weighted by Crippen LogP contribution is 2.33. The summed E-state index contributed by atoms with van der Waals surface area (Å²) in [7, 11) is 0. The molecule has 2 aromatic rings. The summed E-state index contributed by atoms with van der Waals surface area (Å²) in [5.41, 5.74) is 0.222. The van der Waals surface area contributed by atoms with Gasteiger partial charge < -0.3 is 23.7 Å². The maximum atomic E-state index is 13.4. The Bertz CT molecular complexity index is 1270. The van der Waals surface area contributed by atoms with Crippen molar-refractivity contribution in [3.8, 4) is 11.5 Å². The minimum absolute atomic E-state index is 0.0393. The summed E-state index contributed by atoms with van der Waals surface area (Å²) in [6.45, 7) is 5.17. The summed E-state index contributed by atoms with van der Waals surface area (Å²) in [6.07, 6.45) is 3.56. The molecular weight excluding hydrogens is 490 g/mol. The SMILES string of the molecule is CCCCCc1ccc(C(=O)N2CC(=O)C[C@H]2C(=O)N2CCN(Cc3ccc4c(c3)OCO4)CC2)c(=O)o1. The van der Waals surface area contributed by atoms with E-state index in [2.05, 4.69) is 11.8 Å². The number of hydrogen-bond acceptors (Lipinski definition) is 8. The molecule has 2 saturated heterocycles. The van der Waals surface area contributed by atoms with Crippen molar-refractivity contribution in [3.63, 3.8) is 0 Å². The zero-order valence-electron chi connectivity index (χ0n) is 21.6. The Kier molecular flexibility index (Phi) is 7.78. The average Bonchev–Trinajstić information content (AvgIpc) is 3.55. The molecule has 202 valence electrons. The lowest BCUT2D eigenvalue weighted by Crippen LogP contribution is -2.54. The maximum absolute atomic E-state index is 13.4. The second-order valence-corrected chi connectivity index (χ2v) is 10.0. The van der Waals surface area contributed by atoms with E-state index in [1.807, 2.05) is 18.2 Å². The van der Waals surface area contributed by atoms with Gasteiger partial charge in [0.25, 0.3) is 5.91 Å². The van der Waals surface area contributed by atoms with Crippen LogP contribution in [0.4, 0.5) is 0 Å². The fourth-order valence-electron chi connectivity index (χ4n) is 5.21. The number of nitrogens with zero attached hydrogens (tertiary/aromatic N) is 3. The number of ketones is 1. The Morgan fingerprint density at radius 1 is 0.974 bits per heavy atom. The van der Waals surface area contributed by atoms with Crippen LogP contribution in [0.25, 0.3) is 0 Å². The molecular formula is C28H33N3O7. The molecule has 0 unspecified atom stereocenters. The van der Waals surface area contributed by atoms with E-state index in [-0.39, 0.29) is 37.0 Å². The lowest BCUT2D eigenvalue weighted by atomic mass is 10.1. The molecule has 0 bridgehead atoms. The first-order valence-electron chi connectivity index (χ1n) is 13.3. The molecule has 2 amide bonds. The van der Waals surface area contributed by atoms with Gasteiger partial charge in [0.05, 0.1) is 6.54 Å². The van der Waals surface area contributed by atoms with Crippen molar-refractivity contribution in [3.05, 3.63) is 57.6 Å². The van der Waals surface area contributed by atoms with E-state index in [4.69, 9.17) is 13.9 Å². The molecule has 0 spiro atoms. The Labute approximate surface area is 221 Å². The first kappa shape index (κ1) is 26.0. The predicted octanol–water partition coefficient (Wildman–Crippen LogP) is 2.23. The number of unbranched alkanes of at least 4 members (excludes halogenated alkanes) is 2. The second-order valence-electron chi connectivity index (χ2n) is 10.0. The van der Waals surface area contributed by atoms with Crippen LogP contribution >= 0.6 is 0 Å². The zero-order chi connectivity index (χ0) is 26.6. The number of amides is 2. The number of carbonyl (C=O) groups is 3. The van der Waals surface area contributed by atoms with Crippen LogP contribution in [0.3, 0.4) is 0 Å². The second kappa shape index (κ2) is 11.4. The first-order valence-corrected chi connectivity index (χ1v) is 13.3. The number of aryl methyl sites for hydroxylation is 1. The fraction of sp³-hybridized carbons (Fsp3) is 0.500. The monoisotopic (exact) mass is 523 g/mol. The molecule has 1 aromatic carbocycles. The van der Waals surface area contributed by atoms with Gasteiger partial charge in [0, 0.05) is 45.6 Å². The number of likely N-dealkylation sites (tertiary alicyclic amines) is 1. The number of hydrogen-bond donors (Lipinski definition) is 0. The van der Waals surface area contributed by atoms with Crippen LogP contribution in [0, 0.1) is 0 Å². The molecule has 0 radical (unpaired) electrons. The standard InChI is InChI=1S/C28H33N3O7/c1-2-3-4-5-21-7-8-22(28(35)38-21)26(33)31-17-20(32)15-23(31)27(34)30-12-10-29(11-13-30)16-19-6-9-24-25(14-19)37-18-36-24/h6-9,14,23H,2-5,10-13,15-18H2,1H3/t23-/m0/s1. The lowest BCUT2D eigenvalue weighted by molar-refractivity contribution is -0.137. The van der Waals surface area contributed by atoms with Crippen LogP contribution in [0.2, 0.25) is 0 Å². The van der Waals surface area contributed by atoms with E-state index in [1.165, 1.54) is 11.0 Å². The molecule has 38 heavy (non-hydrogen) atoms. The molecule has 0 N–H and O–H groups in total. The lowest BCUT2D eigenvalue weighted by Gasteiger charge is -2.37. The van der Waals surface area contributed by atoms with E-state index in [0.29, 0.717) is 38.4 Å². The summed E-state index contributed by atoms with van der Waals surface area (Å²) in [4.78, 5) is 56.7. The van der Waals surface area contributed by atoms with Gasteiger partial charge >= 0.3 is 5.63 Å². The van der Waals surface area contributed by atoms with Crippen LogP contribution in [-0.4, -0.2) is 77.9 Å². The summed E-state index contributed by atoms with van der Waals surface area (Å²) < 4.78 is 16.2. The topological polar surface area (TPSA) is 110 Å². The van der Waals surface area contributed by atoms with Crippen LogP contribution in [0.5, 0.6) is 11.5 Å². The van der Waals surface area contributed by atoms with Crippen molar-refractivity contribution in [1.29, 1.82) is 0 Å². The molecule has 2 fully saturated rings. The summed E-state index contributed by atoms with van der Waals surface area (Å²) >= 11 is 0. The van der Waals surface area contributed by atoms with Crippen molar-refractivity contribution < 1.29 is 28.3 Å². The third kappa shape index (κ3) is 5.60. The van der Waals surface area contributed by atoms with Gasteiger partial charge in [-0.2, -0.15) is 0 Å². The van der Waals surface area contributed by atoms with Crippen molar-refractivity contribution in [2.45, 2.75) is 51.6 Å². The van der Waals surface area contributed by atoms with E-state index < -0.39 is 17.6 Å². The van der Waals surface area contributed by atoms with Gasteiger partial charge in [-0.25, -0.2) is 4.79 Å². The number of rotatable bonds is 8. The Hall–Kier alpha value is -3.66. The molecule has 0 aliphatic carbocycles. The summed E-state index contributed by atoms with van der Waals surface area (Å²) in [5, 5.41) is 0. The minimum Gasteiger partial charge on any atom is -0.454 e. The Morgan fingerprint density at radius 2 is 1.76 bits per heavy atom. The number of benzene rings is 1. The third-order valence-corrected chi connectivity index (χ3v) is 7.35. The first-order chi connectivity index (χ1) is 18.4. The number of ether oxygens (including phenoxy) is 2. The number of Topliss-reactive ketones (excluding diaryl/α,β-unsaturated/α-hetero) is 1. The molecule has 1 aromatic heterocycles. The van der Waals surface area contributed by atoms with Gasteiger partial charge in [-0.3, -0.25) is 19.3 Å². The Balaban J connectivity index is 1.19. The highest BCUT2D eigenvalue weighted by molar-refractivity contribution is 6.03. The highest BCUT2D eigenvalue weighted by atomic mass is 16.7. The summed E-state index contributed by atoms with van der Waals surface area (Å²) in [5.74, 6) is 0.932. The summed E-state index contributed by atoms with van der Waals surface area (Å²) in [6, 6.07) is 8.07. The Morgan fingerprint density at radius 3 is 2.53 bits per heavy atom. The fourth-order valence-corrected chi connectivity index (χ4v) is 5.21. The van der Waals surface area contributed by atoms with E-state index in [0.717, 1.165) is 42.9 Å². The van der Waals surface area contributed by atoms with E-state index in [1.54, 1.807) is 11.0 Å². The molecule has 4 heterocycles. The average molecular weight is 524 g/mol. The molecule has 10 nitrogen and oxygen atoms in total. The minimum atomic E-state index is -0.904. The van der Waals surface area contributed by atoms with Gasteiger partial charge in [0.1, 0.15) is 17.4 Å². The van der Waals surface area contributed by atoms with E-state index in [9.17, 15) is 19.2 Å². The van der Waals surface area contributed by atoms with E-state index >= 15 is 0 Å². The van der Waals surface area contributed by atoms with Crippen molar-refractivity contribution in [1.82, 2.24) is 14.7 Å². The van der Waals surface area contributed by atoms with Crippen LogP contribution in [0.15, 0.2) is 39.5 Å². The number of carbonyl (C=O) groups excluding carboxylic acids is 3. The van der Waals surface area contributed by atoms with Gasteiger partial charge in [-0.15, -0.1) is 0 Å². The van der Waals surface area contributed by atoms with Crippen LogP contribution in [-0.2, 0) is 22.6 Å². The largest absolute Gasteiger partial charge is 0.454 e. The quantitative estimate of drug-likeness (QED) is 0.485. The smallest absolute Gasteiger partial charge is 0.348 e. The molecule has 3 aliphatic rings. The van der Waals surface area contributed by atoms with Crippen LogP contribution < -0.4 is 15.1 Å². The molecule has 1 atom stereocenters. The van der Waals surface area contributed by atoms with Gasteiger partial charge in [0.15, 0.2) is 17.3 Å². The predicted molar refractivity (Wildman–Crippen MR) is 137 cm³/mol. The molecule has 10 heteroatoms. The van der Waals surface area contributed by atoms with Gasteiger partial charge in [0.2, 0.25) is 12.7 Å². The maximum Gasteiger partial charge on any atom is 0.348 e. The van der Waals surface area contributed by atoms with Crippen molar-refractivity contribution in [2.24, 2.45) is 0 Å². The highest BCUT2D eigenvalue weighted by Gasteiger charge is 2.42. The number of fused-ring (bicyclic) bond motifs is 1. The van der Waals surface area contributed by atoms with Crippen molar-refractivity contribution in [2.75, 3.05) is 39.5 Å².